The molecule has 3 aromatic rings. The van der Waals surface area contributed by atoms with Crippen molar-refractivity contribution in [2.75, 3.05) is 19.0 Å². The van der Waals surface area contributed by atoms with Crippen LogP contribution in [0.25, 0.3) is 0 Å². The van der Waals surface area contributed by atoms with Crippen molar-refractivity contribution >= 4 is 11.7 Å². The normalized spacial score (nSPS) is 10.4. The van der Waals surface area contributed by atoms with E-state index in [2.05, 4.69) is 20.8 Å². The minimum atomic E-state index is -0.323. The van der Waals surface area contributed by atoms with Gasteiger partial charge in [0.05, 0.1) is 7.11 Å². The van der Waals surface area contributed by atoms with Crippen LogP contribution < -0.4 is 15.4 Å². The van der Waals surface area contributed by atoms with Gasteiger partial charge in [-0.25, -0.2) is 4.39 Å². The third-order valence-electron chi connectivity index (χ3n) is 4.19. The third kappa shape index (κ3) is 5.03. The molecule has 2 N–H and O–H groups in total. The fourth-order valence-electron chi connectivity index (χ4n) is 2.69. The lowest BCUT2D eigenvalue weighted by Crippen LogP contribution is -2.24. The Kier molecular flexibility index (Phi) is 6.51. The number of carbonyl (C=O) groups is 1. The molecule has 144 valence electrons. The number of hydrogen-bond donors (Lipinski definition) is 2. The van der Waals surface area contributed by atoms with Crippen molar-refractivity contribution in [3.8, 4) is 5.75 Å². The van der Waals surface area contributed by atoms with Crippen molar-refractivity contribution in [3.63, 3.8) is 0 Å². The van der Waals surface area contributed by atoms with Gasteiger partial charge in [0.25, 0.3) is 5.91 Å². The summed E-state index contributed by atoms with van der Waals surface area (Å²) in [4.78, 5) is 12.2. The summed E-state index contributed by atoms with van der Waals surface area (Å²) in [6.45, 7) is 0.835. The lowest BCUT2D eigenvalue weighted by atomic mass is 10.1. The summed E-state index contributed by atoms with van der Waals surface area (Å²) in [6, 6.07) is 17.4. The van der Waals surface area contributed by atoms with Crippen LogP contribution in [0.5, 0.6) is 5.75 Å². The smallest absolute Gasteiger partial charge is 0.272 e. The fraction of sp³-hybridized carbons (Fsp3) is 0.190. The molecule has 0 bridgehead atoms. The first-order valence-electron chi connectivity index (χ1n) is 8.88. The van der Waals surface area contributed by atoms with Crippen LogP contribution in [0.3, 0.4) is 0 Å². The van der Waals surface area contributed by atoms with E-state index in [-0.39, 0.29) is 17.4 Å². The van der Waals surface area contributed by atoms with Crippen LogP contribution in [0.15, 0.2) is 60.7 Å². The predicted octanol–water partition coefficient (Wildman–Crippen LogP) is 3.21. The van der Waals surface area contributed by atoms with E-state index < -0.39 is 0 Å². The average molecular weight is 380 g/mol. The van der Waals surface area contributed by atoms with Gasteiger partial charge < -0.3 is 15.4 Å². The molecule has 6 nitrogen and oxygen atoms in total. The van der Waals surface area contributed by atoms with E-state index >= 15 is 0 Å². The molecule has 0 unspecified atom stereocenters. The molecule has 7 heteroatoms. The molecule has 0 aliphatic carbocycles. The van der Waals surface area contributed by atoms with Crippen molar-refractivity contribution in [1.29, 1.82) is 0 Å². The lowest BCUT2D eigenvalue weighted by molar-refractivity contribution is 0.0944. The quantitative estimate of drug-likeness (QED) is 0.628. The summed E-state index contributed by atoms with van der Waals surface area (Å²) in [5, 5.41) is 13.8. The number of nitrogens with zero attached hydrogens (tertiary/aromatic N) is 2. The number of carbonyl (C=O) groups excluding carboxylic acids is 1. The number of benzene rings is 2. The highest BCUT2D eigenvalue weighted by Crippen LogP contribution is 2.16. The average Bonchev–Trinajstić information content (AvgIpc) is 2.74. The SMILES string of the molecule is COc1ccccc1CNC(=O)c1ccc(NCCc2ccccc2F)nn1. The van der Waals surface area contributed by atoms with Gasteiger partial charge in [-0.2, -0.15) is 0 Å². The minimum absolute atomic E-state index is 0.217. The number of amides is 1. The number of para-hydroxylation sites is 1. The predicted molar refractivity (Wildman–Crippen MR) is 105 cm³/mol. The lowest BCUT2D eigenvalue weighted by Gasteiger charge is -2.09. The zero-order valence-corrected chi connectivity index (χ0v) is 15.5. The molecule has 0 saturated heterocycles. The Morgan fingerprint density at radius 1 is 1.00 bits per heavy atom. The Morgan fingerprint density at radius 3 is 2.46 bits per heavy atom. The Hall–Kier alpha value is -3.48. The highest BCUT2D eigenvalue weighted by Gasteiger charge is 2.10. The topological polar surface area (TPSA) is 76.1 Å². The van der Waals surface area contributed by atoms with Crippen LogP contribution in [0.2, 0.25) is 0 Å². The Balaban J connectivity index is 1.50. The standard InChI is InChI=1S/C21H21FN4O2/c1-28-19-9-5-3-7-16(19)14-24-21(27)18-10-11-20(26-25-18)23-13-12-15-6-2-4-8-17(15)22/h2-11H,12-14H2,1H3,(H,23,26)(H,24,27). The van der Waals surface area contributed by atoms with Crippen LogP contribution in [0.1, 0.15) is 21.6 Å². The van der Waals surface area contributed by atoms with E-state index in [4.69, 9.17) is 4.74 Å². The van der Waals surface area contributed by atoms with Gasteiger partial charge in [-0.05, 0) is 36.2 Å². The maximum Gasteiger partial charge on any atom is 0.272 e. The van der Waals surface area contributed by atoms with Crippen LogP contribution >= 0.6 is 0 Å². The highest BCUT2D eigenvalue weighted by molar-refractivity contribution is 5.92. The van der Waals surface area contributed by atoms with Crippen molar-refractivity contribution in [3.05, 3.63) is 83.3 Å². The van der Waals surface area contributed by atoms with Gasteiger partial charge in [-0.1, -0.05) is 36.4 Å². The van der Waals surface area contributed by atoms with Crippen molar-refractivity contribution in [2.45, 2.75) is 13.0 Å². The van der Waals surface area contributed by atoms with E-state index in [9.17, 15) is 9.18 Å². The second-order valence-electron chi connectivity index (χ2n) is 6.07. The number of anilines is 1. The maximum absolute atomic E-state index is 13.6. The molecule has 0 aliphatic heterocycles. The van der Waals surface area contributed by atoms with E-state index in [0.29, 0.717) is 36.6 Å². The van der Waals surface area contributed by atoms with E-state index in [1.165, 1.54) is 6.07 Å². The molecule has 0 fully saturated rings. The summed E-state index contributed by atoms with van der Waals surface area (Å²) >= 11 is 0. The van der Waals surface area contributed by atoms with E-state index in [1.807, 2.05) is 24.3 Å². The summed E-state index contributed by atoms with van der Waals surface area (Å²) in [6.07, 6.45) is 0.523. The monoisotopic (exact) mass is 380 g/mol. The fourth-order valence-corrected chi connectivity index (χ4v) is 2.69. The zero-order chi connectivity index (χ0) is 19.8. The third-order valence-corrected chi connectivity index (χ3v) is 4.19. The largest absolute Gasteiger partial charge is 0.496 e. The first-order chi connectivity index (χ1) is 13.7. The zero-order valence-electron chi connectivity index (χ0n) is 15.5. The summed E-state index contributed by atoms with van der Waals surface area (Å²) in [5.41, 5.74) is 1.72. The van der Waals surface area contributed by atoms with Gasteiger partial charge in [0, 0.05) is 18.7 Å². The maximum atomic E-state index is 13.6. The summed E-state index contributed by atoms with van der Waals surface area (Å²) in [7, 11) is 1.59. The van der Waals surface area contributed by atoms with Gasteiger partial charge in [0.2, 0.25) is 0 Å². The second kappa shape index (κ2) is 9.45. The van der Waals surface area contributed by atoms with E-state index in [0.717, 1.165) is 5.56 Å². The number of methoxy groups -OCH3 is 1. The minimum Gasteiger partial charge on any atom is -0.496 e. The molecule has 1 amide bonds. The molecule has 0 aliphatic rings. The molecule has 2 aromatic carbocycles. The molecular formula is C21H21FN4O2. The molecule has 0 radical (unpaired) electrons. The number of hydrogen-bond acceptors (Lipinski definition) is 5. The molecular weight excluding hydrogens is 359 g/mol. The molecule has 0 saturated carbocycles. The molecule has 1 heterocycles. The second-order valence-corrected chi connectivity index (χ2v) is 6.07. The van der Waals surface area contributed by atoms with Crippen molar-refractivity contribution < 1.29 is 13.9 Å². The Morgan fingerprint density at radius 2 is 1.75 bits per heavy atom. The van der Waals surface area contributed by atoms with Crippen molar-refractivity contribution in [1.82, 2.24) is 15.5 Å². The van der Waals surface area contributed by atoms with Gasteiger partial charge in [0.15, 0.2) is 5.69 Å². The van der Waals surface area contributed by atoms with Crippen LogP contribution in [-0.4, -0.2) is 29.8 Å². The van der Waals surface area contributed by atoms with Gasteiger partial charge >= 0.3 is 0 Å². The number of nitrogens with one attached hydrogen (secondary N) is 2. The molecule has 0 atom stereocenters. The molecule has 0 spiro atoms. The molecule has 3 rings (SSSR count). The first kappa shape index (κ1) is 19.3. The number of aromatic nitrogens is 2. The Labute approximate surface area is 162 Å². The van der Waals surface area contributed by atoms with Crippen LogP contribution in [0.4, 0.5) is 10.2 Å². The van der Waals surface area contributed by atoms with E-state index in [1.54, 1.807) is 37.4 Å². The van der Waals surface area contributed by atoms with Crippen molar-refractivity contribution in [2.24, 2.45) is 0 Å². The van der Waals surface area contributed by atoms with Crippen LogP contribution in [0, 0.1) is 5.82 Å². The number of rotatable bonds is 8. The molecule has 28 heavy (non-hydrogen) atoms. The molecule has 1 aromatic heterocycles. The summed E-state index contributed by atoms with van der Waals surface area (Å²) < 4.78 is 18.9. The summed E-state index contributed by atoms with van der Waals surface area (Å²) in [5.74, 6) is 0.690. The Bertz CT molecular complexity index is 932. The van der Waals surface area contributed by atoms with Gasteiger partial charge in [-0.3, -0.25) is 4.79 Å². The van der Waals surface area contributed by atoms with Crippen LogP contribution in [-0.2, 0) is 13.0 Å². The van der Waals surface area contributed by atoms with Gasteiger partial charge in [-0.15, -0.1) is 10.2 Å². The number of ether oxygens (including phenoxy) is 1. The van der Waals surface area contributed by atoms with Gasteiger partial charge in [0.1, 0.15) is 17.4 Å². The first-order valence-corrected chi connectivity index (χ1v) is 8.88. The highest BCUT2D eigenvalue weighted by atomic mass is 19.1. The number of halogens is 1.